The zero-order valence-electron chi connectivity index (χ0n) is 11.1. The van der Waals surface area contributed by atoms with Crippen LogP contribution < -0.4 is 0 Å². The third kappa shape index (κ3) is 3.49. The first-order chi connectivity index (χ1) is 8.62. The van der Waals surface area contributed by atoms with E-state index >= 15 is 0 Å². The van der Waals surface area contributed by atoms with Gasteiger partial charge in [-0.25, -0.2) is 0 Å². The highest BCUT2D eigenvalue weighted by molar-refractivity contribution is 6.62. The maximum Gasteiger partial charge on any atom is 0.193 e. The molecular weight excluding hydrogens is 223 g/mol. The first-order valence-electron chi connectivity index (χ1n) is 5.78. The van der Waals surface area contributed by atoms with Crippen LogP contribution in [0.4, 0.5) is 0 Å². The van der Waals surface area contributed by atoms with E-state index in [1.165, 1.54) is 0 Å². The highest BCUT2D eigenvalue weighted by Crippen LogP contribution is 2.19. The molecule has 0 N–H and O–H groups in total. The first-order valence-corrected chi connectivity index (χ1v) is 5.78. The molecular formula is C15H17BO2. The Balaban J connectivity index is 3.07. The lowest BCUT2D eigenvalue weighted by atomic mass is 9.93. The second-order valence-corrected chi connectivity index (χ2v) is 3.83. The lowest BCUT2D eigenvalue weighted by Gasteiger charge is -2.06. The highest BCUT2D eigenvalue weighted by Gasteiger charge is 2.02. The summed E-state index contributed by atoms with van der Waals surface area (Å²) < 4.78 is 5.16. The summed E-state index contributed by atoms with van der Waals surface area (Å²) in [5.74, 6) is 0.707. The molecule has 1 aromatic rings. The van der Waals surface area contributed by atoms with Crippen molar-refractivity contribution >= 4 is 19.1 Å². The fraction of sp³-hybridized carbons (Fsp3) is 0.133. The van der Waals surface area contributed by atoms with Gasteiger partial charge in [0.15, 0.2) is 7.85 Å². The van der Waals surface area contributed by atoms with Gasteiger partial charge in [-0.3, -0.25) is 0 Å². The zero-order chi connectivity index (χ0) is 13.5. The third-order valence-electron chi connectivity index (χ3n) is 2.67. The molecule has 0 heterocycles. The normalized spacial score (nSPS) is 12.1. The monoisotopic (exact) mass is 240 g/mol. The molecule has 0 aliphatic heterocycles. The molecule has 0 aliphatic carbocycles. The summed E-state index contributed by atoms with van der Waals surface area (Å²) in [7, 11) is 3.17. The molecule has 0 radical (unpaired) electrons. The average molecular weight is 240 g/mol. The molecule has 0 amide bonds. The molecule has 2 nitrogen and oxygen atoms in total. The van der Waals surface area contributed by atoms with Gasteiger partial charge in [-0.05, 0) is 30.2 Å². The summed E-state index contributed by atoms with van der Waals surface area (Å²) >= 11 is 0. The van der Waals surface area contributed by atoms with Crippen LogP contribution in [0.25, 0.3) is 5.57 Å². The Morgan fingerprint density at radius 3 is 2.22 bits per heavy atom. The number of benzene rings is 1. The minimum atomic E-state index is 0.0720. The van der Waals surface area contributed by atoms with Crippen molar-refractivity contribution in [3.8, 4) is 0 Å². The summed E-state index contributed by atoms with van der Waals surface area (Å²) in [6.45, 7) is 5.64. The molecule has 1 aromatic carbocycles. The van der Waals surface area contributed by atoms with Crippen LogP contribution in [-0.4, -0.2) is 20.6 Å². The largest absolute Gasteiger partial charge is 0.497 e. The van der Waals surface area contributed by atoms with Gasteiger partial charge in [-0.2, -0.15) is 0 Å². The van der Waals surface area contributed by atoms with Crippen molar-refractivity contribution in [2.45, 2.75) is 6.92 Å². The van der Waals surface area contributed by atoms with Gasteiger partial charge in [0.25, 0.3) is 0 Å². The molecule has 0 aliphatic rings. The number of carbonyl (C=O) groups excluding carboxylic acids is 1. The van der Waals surface area contributed by atoms with Gasteiger partial charge in [-0.15, -0.1) is 0 Å². The zero-order valence-corrected chi connectivity index (χ0v) is 11.1. The Morgan fingerprint density at radius 2 is 1.83 bits per heavy atom. The molecule has 0 aromatic heterocycles. The predicted octanol–water partition coefficient (Wildman–Crippen LogP) is 2.58. The summed E-state index contributed by atoms with van der Waals surface area (Å²) in [6, 6.07) is 7.52. The number of ether oxygens (including phenoxy) is 1. The third-order valence-corrected chi connectivity index (χ3v) is 2.67. The molecule has 0 saturated heterocycles. The second kappa shape index (κ2) is 6.65. The minimum Gasteiger partial charge on any atom is -0.497 e. The topological polar surface area (TPSA) is 26.3 Å². The molecule has 1 rings (SSSR count). The minimum absolute atomic E-state index is 0.0720. The van der Waals surface area contributed by atoms with E-state index in [2.05, 4.69) is 6.58 Å². The van der Waals surface area contributed by atoms with Crippen LogP contribution in [0, 0.1) is 0 Å². The average Bonchev–Trinajstić information content (AvgIpc) is 2.40. The van der Waals surface area contributed by atoms with Crippen LogP contribution in [0.15, 0.2) is 54.8 Å². The maximum absolute atomic E-state index is 11.2. The van der Waals surface area contributed by atoms with Gasteiger partial charge in [0, 0.05) is 5.56 Å². The van der Waals surface area contributed by atoms with E-state index in [1.54, 1.807) is 21.0 Å². The summed E-state index contributed by atoms with van der Waals surface area (Å²) in [5.41, 5.74) is 2.86. The van der Waals surface area contributed by atoms with Crippen LogP contribution in [0.3, 0.4) is 0 Å². The van der Waals surface area contributed by atoms with Gasteiger partial charge in [0.2, 0.25) is 0 Å². The number of carbonyl (C=O) groups is 1. The van der Waals surface area contributed by atoms with Crippen LogP contribution >= 0.6 is 0 Å². The Morgan fingerprint density at radius 1 is 1.28 bits per heavy atom. The molecule has 18 heavy (non-hydrogen) atoms. The molecule has 0 bridgehead atoms. The van der Waals surface area contributed by atoms with Crippen LogP contribution in [0.5, 0.6) is 0 Å². The van der Waals surface area contributed by atoms with Gasteiger partial charge in [0.05, 0.1) is 7.11 Å². The second-order valence-electron chi connectivity index (χ2n) is 3.83. The van der Waals surface area contributed by atoms with Crippen molar-refractivity contribution in [1.82, 2.24) is 0 Å². The first kappa shape index (κ1) is 14.0. The van der Waals surface area contributed by atoms with Gasteiger partial charge in [0.1, 0.15) is 11.4 Å². The maximum atomic E-state index is 11.2. The number of rotatable bonds is 5. The summed E-state index contributed by atoms with van der Waals surface area (Å²) in [5, 5.41) is 0. The Hall–Kier alpha value is -2.03. The lowest BCUT2D eigenvalue weighted by Crippen LogP contribution is -1.96. The smallest absolute Gasteiger partial charge is 0.193 e. The van der Waals surface area contributed by atoms with Gasteiger partial charge < -0.3 is 9.53 Å². The van der Waals surface area contributed by atoms with Crippen LogP contribution in [0.2, 0.25) is 0 Å². The lowest BCUT2D eigenvalue weighted by molar-refractivity contribution is 0.108. The van der Waals surface area contributed by atoms with Crippen molar-refractivity contribution < 1.29 is 9.53 Å². The Kier molecular flexibility index (Phi) is 5.18. The van der Waals surface area contributed by atoms with E-state index in [0.717, 1.165) is 11.1 Å². The predicted molar refractivity (Wildman–Crippen MR) is 78.3 cm³/mol. The van der Waals surface area contributed by atoms with E-state index in [4.69, 9.17) is 4.74 Å². The molecule has 3 heteroatoms. The van der Waals surface area contributed by atoms with E-state index in [0.29, 0.717) is 11.3 Å². The standard InChI is InChI=1S/C15H17BO2/c1-4-11(10-14(5-2)18-3)12-6-8-13(9-7-12)15(16)17/h4-10H,2,16H2,1,3H3/b11-4+,14-10+. The number of allylic oxidation sites excluding steroid dienone is 4. The van der Waals surface area contributed by atoms with Crippen LogP contribution in [0.1, 0.15) is 22.8 Å². The molecule has 0 fully saturated rings. The summed E-state index contributed by atoms with van der Waals surface area (Å²) in [6.07, 6.45) is 5.56. The quantitative estimate of drug-likeness (QED) is 0.449. The summed E-state index contributed by atoms with van der Waals surface area (Å²) in [4.78, 5) is 11.2. The van der Waals surface area contributed by atoms with E-state index in [9.17, 15) is 4.79 Å². The molecule has 0 saturated carbocycles. The Labute approximate surface area is 109 Å². The van der Waals surface area contributed by atoms with E-state index in [1.807, 2.05) is 43.3 Å². The fourth-order valence-corrected chi connectivity index (χ4v) is 1.59. The molecule has 0 unspecified atom stereocenters. The van der Waals surface area contributed by atoms with E-state index < -0.39 is 0 Å². The van der Waals surface area contributed by atoms with Crippen LogP contribution in [-0.2, 0) is 4.74 Å². The van der Waals surface area contributed by atoms with Crippen molar-refractivity contribution in [3.63, 3.8) is 0 Å². The van der Waals surface area contributed by atoms with Crippen molar-refractivity contribution in [2.24, 2.45) is 0 Å². The number of methoxy groups -OCH3 is 1. The molecule has 0 atom stereocenters. The highest BCUT2D eigenvalue weighted by atomic mass is 16.5. The SMILES string of the molecule is BC(=O)c1ccc(C(/C=C(\C=C)OC)=C/C)cc1. The van der Waals surface area contributed by atoms with Gasteiger partial charge >= 0.3 is 0 Å². The van der Waals surface area contributed by atoms with Crippen molar-refractivity contribution in [3.05, 3.63) is 66.0 Å². The molecule has 0 spiro atoms. The van der Waals surface area contributed by atoms with E-state index in [-0.39, 0.29) is 5.68 Å². The Bertz CT molecular complexity index is 496. The fourth-order valence-electron chi connectivity index (χ4n) is 1.59. The van der Waals surface area contributed by atoms with Crippen molar-refractivity contribution in [1.29, 1.82) is 0 Å². The number of hydrogen-bond acceptors (Lipinski definition) is 2. The van der Waals surface area contributed by atoms with Crippen molar-refractivity contribution in [2.75, 3.05) is 7.11 Å². The van der Waals surface area contributed by atoms with Gasteiger partial charge in [-0.1, -0.05) is 36.9 Å². The molecule has 92 valence electrons. The number of hydrogen-bond donors (Lipinski definition) is 0.